The van der Waals surface area contributed by atoms with Gasteiger partial charge in [0.25, 0.3) is 0 Å². The fraction of sp³-hybridized carbons (Fsp3) is 0.222. The molecule has 0 spiro atoms. The van der Waals surface area contributed by atoms with Gasteiger partial charge in [0.15, 0.2) is 0 Å². The molecule has 0 radical (unpaired) electrons. The standard InChI is InChI=1S/C18H16Br2O5/c1-10(2)9-24-15-6-4-12(19)8-13(15)18(23)25-16-5-3-11(17(21)22)7-14(16)20/h3-8,10H,9H2,1-2H3,(H,21,22). The zero-order valence-electron chi connectivity index (χ0n) is 13.6. The molecular weight excluding hydrogens is 456 g/mol. The lowest BCUT2D eigenvalue weighted by Crippen LogP contribution is -2.13. The lowest BCUT2D eigenvalue weighted by Gasteiger charge is -2.13. The molecule has 0 unspecified atom stereocenters. The zero-order chi connectivity index (χ0) is 18.6. The van der Waals surface area contributed by atoms with Gasteiger partial charge in [-0.2, -0.15) is 0 Å². The van der Waals surface area contributed by atoms with Crippen LogP contribution in [0.3, 0.4) is 0 Å². The molecule has 132 valence electrons. The lowest BCUT2D eigenvalue weighted by atomic mass is 10.2. The quantitative estimate of drug-likeness (QED) is 0.465. The van der Waals surface area contributed by atoms with Crippen molar-refractivity contribution in [3.8, 4) is 11.5 Å². The molecule has 25 heavy (non-hydrogen) atoms. The number of hydrogen-bond acceptors (Lipinski definition) is 4. The number of halogens is 2. The fourth-order valence-corrected chi connectivity index (χ4v) is 2.74. The highest BCUT2D eigenvalue weighted by Crippen LogP contribution is 2.29. The summed E-state index contributed by atoms with van der Waals surface area (Å²) in [7, 11) is 0. The van der Waals surface area contributed by atoms with E-state index >= 15 is 0 Å². The van der Waals surface area contributed by atoms with E-state index < -0.39 is 11.9 Å². The Bertz CT molecular complexity index is 802. The number of carboxylic acid groups (broad SMARTS) is 1. The van der Waals surface area contributed by atoms with E-state index in [1.165, 1.54) is 18.2 Å². The predicted octanol–water partition coefficient (Wildman–Crippen LogP) is 5.16. The van der Waals surface area contributed by atoms with Crippen LogP contribution in [-0.4, -0.2) is 23.7 Å². The Morgan fingerprint density at radius 2 is 1.76 bits per heavy atom. The molecule has 0 aliphatic heterocycles. The van der Waals surface area contributed by atoms with Crippen molar-refractivity contribution >= 4 is 43.8 Å². The highest BCUT2D eigenvalue weighted by molar-refractivity contribution is 9.10. The summed E-state index contributed by atoms with van der Waals surface area (Å²) in [5.74, 6) is -0.686. The van der Waals surface area contributed by atoms with Crippen LogP contribution in [0.25, 0.3) is 0 Å². The van der Waals surface area contributed by atoms with Crippen molar-refractivity contribution in [1.29, 1.82) is 0 Å². The number of carbonyl (C=O) groups excluding carboxylic acids is 1. The van der Waals surface area contributed by atoms with Crippen LogP contribution >= 0.6 is 31.9 Å². The minimum absolute atomic E-state index is 0.0927. The Balaban J connectivity index is 2.26. The average molecular weight is 472 g/mol. The Kier molecular flexibility index (Phi) is 6.61. The summed E-state index contributed by atoms with van der Waals surface area (Å²) in [5.41, 5.74) is 0.374. The molecule has 0 fully saturated rings. The van der Waals surface area contributed by atoms with Crippen molar-refractivity contribution in [3.05, 3.63) is 56.5 Å². The number of carbonyl (C=O) groups is 2. The molecule has 2 aromatic carbocycles. The summed E-state index contributed by atoms with van der Waals surface area (Å²) in [6.45, 7) is 4.49. The number of carboxylic acids is 1. The first-order chi connectivity index (χ1) is 11.8. The van der Waals surface area contributed by atoms with Gasteiger partial charge < -0.3 is 14.6 Å². The third-order valence-electron chi connectivity index (χ3n) is 3.12. The van der Waals surface area contributed by atoms with E-state index in [9.17, 15) is 9.59 Å². The molecule has 2 aromatic rings. The van der Waals surface area contributed by atoms with E-state index in [-0.39, 0.29) is 16.9 Å². The summed E-state index contributed by atoms with van der Waals surface area (Å²) in [5, 5.41) is 8.98. The number of ether oxygens (including phenoxy) is 2. The van der Waals surface area contributed by atoms with Gasteiger partial charge in [0.2, 0.25) is 0 Å². The summed E-state index contributed by atoms with van der Waals surface area (Å²) in [4.78, 5) is 23.5. The molecule has 0 heterocycles. The monoisotopic (exact) mass is 470 g/mol. The second kappa shape index (κ2) is 8.49. The van der Waals surface area contributed by atoms with Gasteiger partial charge in [-0.15, -0.1) is 0 Å². The van der Waals surface area contributed by atoms with E-state index in [4.69, 9.17) is 14.6 Å². The minimum atomic E-state index is -1.06. The topological polar surface area (TPSA) is 72.8 Å². The van der Waals surface area contributed by atoms with Gasteiger partial charge in [0.1, 0.15) is 17.1 Å². The van der Waals surface area contributed by atoms with Crippen molar-refractivity contribution < 1.29 is 24.2 Å². The largest absolute Gasteiger partial charge is 0.492 e. The molecule has 0 bridgehead atoms. The van der Waals surface area contributed by atoms with Crippen molar-refractivity contribution in [1.82, 2.24) is 0 Å². The van der Waals surface area contributed by atoms with E-state index in [0.29, 0.717) is 22.7 Å². The molecule has 0 aliphatic rings. The van der Waals surface area contributed by atoms with Crippen LogP contribution < -0.4 is 9.47 Å². The first-order valence-electron chi connectivity index (χ1n) is 7.45. The van der Waals surface area contributed by atoms with E-state index in [0.717, 1.165) is 4.47 Å². The predicted molar refractivity (Wildman–Crippen MR) is 101 cm³/mol. The van der Waals surface area contributed by atoms with Crippen LogP contribution in [0, 0.1) is 5.92 Å². The first-order valence-corrected chi connectivity index (χ1v) is 9.04. The zero-order valence-corrected chi connectivity index (χ0v) is 16.8. The Labute approximate surface area is 162 Å². The van der Waals surface area contributed by atoms with Gasteiger partial charge in [-0.05, 0) is 58.2 Å². The normalized spacial score (nSPS) is 10.6. The molecule has 0 saturated carbocycles. The van der Waals surface area contributed by atoms with Gasteiger partial charge in [-0.3, -0.25) is 0 Å². The molecule has 5 nitrogen and oxygen atoms in total. The molecule has 0 amide bonds. The van der Waals surface area contributed by atoms with Gasteiger partial charge in [-0.25, -0.2) is 9.59 Å². The maximum Gasteiger partial charge on any atom is 0.347 e. The smallest absolute Gasteiger partial charge is 0.347 e. The van der Waals surface area contributed by atoms with Crippen molar-refractivity contribution in [3.63, 3.8) is 0 Å². The van der Waals surface area contributed by atoms with Crippen LogP contribution in [0.5, 0.6) is 11.5 Å². The van der Waals surface area contributed by atoms with Crippen LogP contribution in [0.15, 0.2) is 45.3 Å². The van der Waals surface area contributed by atoms with Crippen LogP contribution in [0.1, 0.15) is 34.6 Å². The number of hydrogen-bond donors (Lipinski definition) is 1. The summed E-state index contributed by atoms with van der Waals surface area (Å²) >= 11 is 6.55. The lowest BCUT2D eigenvalue weighted by molar-refractivity contribution is 0.0696. The average Bonchev–Trinajstić information content (AvgIpc) is 2.55. The summed E-state index contributed by atoms with van der Waals surface area (Å²) < 4.78 is 12.2. The van der Waals surface area contributed by atoms with Gasteiger partial charge >= 0.3 is 11.9 Å². The highest BCUT2D eigenvalue weighted by Gasteiger charge is 2.18. The van der Waals surface area contributed by atoms with Gasteiger partial charge in [0, 0.05) is 4.47 Å². The fourth-order valence-electron chi connectivity index (χ4n) is 1.92. The van der Waals surface area contributed by atoms with Crippen molar-refractivity contribution in [2.24, 2.45) is 5.92 Å². The second-order valence-corrected chi connectivity index (χ2v) is 7.46. The SMILES string of the molecule is CC(C)COc1ccc(Br)cc1C(=O)Oc1ccc(C(=O)O)cc1Br. The molecule has 7 heteroatoms. The van der Waals surface area contributed by atoms with Crippen LogP contribution in [-0.2, 0) is 0 Å². The molecule has 0 saturated heterocycles. The number of esters is 1. The Morgan fingerprint density at radius 3 is 2.36 bits per heavy atom. The number of benzene rings is 2. The maximum atomic E-state index is 12.5. The van der Waals surface area contributed by atoms with Crippen molar-refractivity contribution in [2.45, 2.75) is 13.8 Å². The molecule has 1 N–H and O–H groups in total. The second-order valence-electron chi connectivity index (χ2n) is 5.69. The maximum absolute atomic E-state index is 12.5. The van der Waals surface area contributed by atoms with Gasteiger partial charge in [0.05, 0.1) is 16.6 Å². The number of aromatic carboxylic acids is 1. The Hall–Kier alpha value is -1.86. The van der Waals surface area contributed by atoms with Crippen LogP contribution in [0.2, 0.25) is 0 Å². The minimum Gasteiger partial charge on any atom is -0.492 e. The summed E-state index contributed by atoms with van der Waals surface area (Å²) in [6, 6.07) is 9.28. The highest BCUT2D eigenvalue weighted by atomic mass is 79.9. The van der Waals surface area contributed by atoms with E-state index in [1.807, 2.05) is 13.8 Å². The Morgan fingerprint density at radius 1 is 1.08 bits per heavy atom. The first kappa shape index (κ1) is 19.5. The van der Waals surface area contributed by atoms with Gasteiger partial charge in [-0.1, -0.05) is 29.8 Å². The molecular formula is C18H16Br2O5. The van der Waals surface area contributed by atoms with E-state index in [1.54, 1.807) is 18.2 Å². The van der Waals surface area contributed by atoms with Crippen molar-refractivity contribution in [2.75, 3.05) is 6.61 Å². The molecule has 2 rings (SSSR count). The number of rotatable bonds is 6. The molecule has 0 atom stereocenters. The molecule has 0 aromatic heterocycles. The summed E-state index contributed by atoms with van der Waals surface area (Å²) in [6.07, 6.45) is 0. The third kappa shape index (κ3) is 5.31. The third-order valence-corrected chi connectivity index (χ3v) is 4.23. The van der Waals surface area contributed by atoms with Crippen LogP contribution in [0.4, 0.5) is 0 Å². The van der Waals surface area contributed by atoms with E-state index in [2.05, 4.69) is 31.9 Å². The molecule has 0 aliphatic carbocycles.